The van der Waals surface area contributed by atoms with Crippen LogP contribution in [0.25, 0.3) is 0 Å². The Morgan fingerprint density at radius 3 is 2.30 bits per heavy atom. The Balaban J connectivity index is 2.13. The number of rotatable bonds is 2. The molecule has 2 rings (SSSR count). The predicted molar refractivity (Wildman–Crippen MR) is 77.2 cm³/mol. The second kappa shape index (κ2) is 4.93. The van der Waals surface area contributed by atoms with Gasteiger partial charge in [-0.2, -0.15) is 0 Å². The zero-order valence-electron chi connectivity index (χ0n) is 13.0. The smallest absolute Gasteiger partial charge is 0.446 e. The molecule has 0 bridgehead atoms. The first-order chi connectivity index (χ1) is 9.12. The third kappa shape index (κ3) is 2.76. The fourth-order valence-corrected chi connectivity index (χ4v) is 1.91. The molecule has 1 fully saturated rings. The van der Waals surface area contributed by atoms with Gasteiger partial charge >= 0.3 is 13.2 Å². The van der Waals surface area contributed by atoms with E-state index >= 15 is 0 Å². The van der Waals surface area contributed by atoms with Crippen LogP contribution in [-0.4, -0.2) is 35.1 Å². The Bertz CT molecular complexity index is 491. The minimum absolute atomic E-state index is 0.148. The van der Waals surface area contributed by atoms with Crippen molar-refractivity contribution in [1.82, 2.24) is 4.57 Å². The minimum atomic E-state index is -0.465. The van der Waals surface area contributed by atoms with E-state index in [0.29, 0.717) is 0 Å². The van der Waals surface area contributed by atoms with E-state index in [1.807, 2.05) is 47.6 Å². The Morgan fingerprint density at radius 2 is 1.80 bits per heavy atom. The van der Waals surface area contributed by atoms with E-state index in [9.17, 15) is 4.79 Å². The van der Waals surface area contributed by atoms with Crippen molar-refractivity contribution in [3.8, 4) is 0 Å². The van der Waals surface area contributed by atoms with Gasteiger partial charge in [-0.1, -0.05) is 0 Å². The number of hydrogen-bond donors (Lipinski definition) is 0. The monoisotopic (exact) mass is 279 g/mol. The number of carbonyl (C=O) groups is 1. The third-order valence-corrected chi connectivity index (χ3v) is 3.79. The standard InChI is InChI=1S/C14H22BNO4/c1-10(2)18-12(17)16-8-7-11(9-16)15-19-13(3,4)14(5,6)20-15/h7-10H,1-6H3. The number of hydrogen-bond acceptors (Lipinski definition) is 4. The van der Waals surface area contributed by atoms with Crippen LogP contribution in [0.3, 0.4) is 0 Å². The van der Waals surface area contributed by atoms with Crippen molar-refractivity contribution in [3.05, 3.63) is 18.5 Å². The zero-order chi connectivity index (χ0) is 15.1. The molecule has 0 aliphatic carbocycles. The molecule has 0 unspecified atom stereocenters. The first-order valence-corrected chi connectivity index (χ1v) is 6.87. The summed E-state index contributed by atoms with van der Waals surface area (Å²) in [4.78, 5) is 11.8. The minimum Gasteiger partial charge on any atom is -0.446 e. The molecular formula is C14H22BNO4. The highest BCUT2D eigenvalue weighted by Crippen LogP contribution is 2.36. The summed E-state index contributed by atoms with van der Waals surface area (Å²) in [6, 6.07) is 1.81. The van der Waals surface area contributed by atoms with Gasteiger partial charge in [-0.3, -0.25) is 4.57 Å². The van der Waals surface area contributed by atoms with Crippen molar-refractivity contribution >= 4 is 18.7 Å². The van der Waals surface area contributed by atoms with Crippen molar-refractivity contribution in [2.75, 3.05) is 0 Å². The lowest BCUT2D eigenvalue weighted by Crippen LogP contribution is -2.41. The second-order valence-corrected chi connectivity index (χ2v) is 6.37. The molecule has 1 aromatic heterocycles. The van der Waals surface area contributed by atoms with E-state index in [2.05, 4.69) is 0 Å². The lowest BCUT2D eigenvalue weighted by atomic mass is 9.81. The van der Waals surface area contributed by atoms with Gasteiger partial charge in [0, 0.05) is 17.9 Å². The summed E-state index contributed by atoms with van der Waals surface area (Å²) in [7, 11) is -0.465. The molecule has 0 amide bonds. The molecule has 6 heteroatoms. The van der Waals surface area contributed by atoms with Crippen LogP contribution in [0, 0.1) is 0 Å². The SMILES string of the molecule is CC(C)OC(=O)n1ccc(B2OC(C)(C)C(C)(C)O2)c1. The summed E-state index contributed by atoms with van der Waals surface area (Å²) >= 11 is 0. The summed E-state index contributed by atoms with van der Waals surface area (Å²) in [6.07, 6.45) is 2.80. The highest BCUT2D eigenvalue weighted by Gasteiger charge is 2.51. The van der Waals surface area contributed by atoms with Gasteiger partial charge in [0.15, 0.2) is 0 Å². The lowest BCUT2D eigenvalue weighted by molar-refractivity contribution is 0.00578. The van der Waals surface area contributed by atoms with Crippen molar-refractivity contribution in [2.45, 2.75) is 58.8 Å². The Morgan fingerprint density at radius 1 is 1.25 bits per heavy atom. The summed E-state index contributed by atoms with van der Waals surface area (Å²) in [6.45, 7) is 11.6. The maximum Gasteiger partial charge on any atom is 0.496 e. The molecule has 1 aliphatic heterocycles. The van der Waals surface area contributed by atoms with Gasteiger partial charge in [0.05, 0.1) is 17.3 Å². The van der Waals surface area contributed by atoms with Crippen molar-refractivity contribution in [1.29, 1.82) is 0 Å². The summed E-state index contributed by atoms with van der Waals surface area (Å²) in [5.74, 6) is 0. The number of aromatic nitrogens is 1. The number of carbonyl (C=O) groups excluding carboxylic acids is 1. The molecule has 0 spiro atoms. The second-order valence-electron chi connectivity index (χ2n) is 6.37. The van der Waals surface area contributed by atoms with E-state index in [1.165, 1.54) is 4.57 Å². The van der Waals surface area contributed by atoms with Gasteiger partial charge in [0.25, 0.3) is 0 Å². The number of nitrogens with zero attached hydrogens (tertiary/aromatic N) is 1. The zero-order valence-corrected chi connectivity index (χ0v) is 13.0. The fraction of sp³-hybridized carbons (Fsp3) is 0.643. The van der Waals surface area contributed by atoms with E-state index in [4.69, 9.17) is 14.0 Å². The Hall–Kier alpha value is -1.27. The molecule has 0 aromatic carbocycles. The van der Waals surface area contributed by atoms with Gasteiger partial charge < -0.3 is 14.0 Å². The van der Waals surface area contributed by atoms with Crippen molar-refractivity contribution in [3.63, 3.8) is 0 Å². The lowest BCUT2D eigenvalue weighted by Gasteiger charge is -2.32. The molecular weight excluding hydrogens is 257 g/mol. The van der Waals surface area contributed by atoms with E-state index < -0.39 is 24.4 Å². The van der Waals surface area contributed by atoms with E-state index in [1.54, 1.807) is 12.4 Å². The van der Waals surface area contributed by atoms with Gasteiger partial charge in [-0.15, -0.1) is 0 Å². The van der Waals surface area contributed by atoms with Gasteiger partial charge in [0.2, 0.25) is 0 Å². The Labute approximate surface area is 120 Å². The topological polar surface area (TPSA) is 49.7 Å². The summed E-state index contributed by atoms with van der Waals surface area (Å²) < 4.78 is 18.4. The van der Waals surface area contributed by atoms with E-state index in [-0.39, 0.29) is 6.10 Å². The highest BCUT2D eigenvalue weighted by molar-refractivity contribution is 6.62. The molecule has 0 radical (unpaired) electrons. The van der Waals surface area contributed by atoms with Crippen LogP contribution < -0.4 is 5.46 Å². The van der Waals surface area contributed by atoms with Crippen LogP contribution in [0.5, 0.6) is 0 Å². The average Bonchev–Trinajstić information content (AvgIpc) is 2.81. The van der Waals surface area contributed by atoms with Crippen LogP contribution in [0.4, 0.5) is 4.79 Å². The molecule has 20 heavy (non-hydrogen) atoms. The normalized spacial score (nSPS) is 20.4. The Kier molecular flexibility index (Phi) is 3.73. The molecule has 5 nitrogen and oxygen atoms in total. The summed E-state index contributed by atoms with van der Waals surface area (Å²) in [5.41, 5.74) is 0.0283. The fourth-order valence-electron chi connectivity index (χ4n) is 1.91. The van der Waals surface area contributed by atoms with Gasteiger partial charge in [-0.25, -0.2) is 4.79 Å². The molecule has 0 N–H and O–H groups in total. The molecule has 1 saturated heterocycles. The van der Waals surface area contributed by atoms with E-state index in [0.717, 1.165) is 5.46 Å². The van der Waals surface area contributed by atoms with Crippen LogP contribution in [-0.2, 0) is 14.0 Å². The molecule has 0 saturated carbocycles. The van der Waals surface area contributed by atoms with Crippen LogP contribution in [0.15, 0.2) is 18.5 Å². The number of ether oxygens (including phenoxy) is 1. The van der Waals surface area contributed by atoms with Gasteiger partial charge in [0.1, 0.15) is 0 Å². The van der Waals surface area contributed by atoms with Crippen LogP contribution in [0.2, 0.25) is 0 Å². The predicted octanol–water partition coefficient (Wildman–Crippen LogP) is 2.18. The highest BCUT2D eigenvalue weighted by atomic mass is 16.7. The first kappa shape index (κ1) is 15.1. The van der Waals surface area contributed by atoms with Crippen LogP contribution >= 0.6 is 0 Å². The molecule has 2 heterocycles. The van der Waals surface area contributed by atoms with Crippen molar-refractivity contribution in [2.24, 2.45) is 0 Å². The van der Waals surface area contributed by atoms with Crippen LogP contribution in [0.1, 0.15) is 41.5 Å². The first-order valence-electron chi connectivity index (χ1n) is 6.87. The molecule has 110 valence electrons. The maximum atomic E-state index is 11.8. The maximum absolute atomic E-state index is 11.8. The molecule has 1 aromatic rings. The largest absolute Gasteiger partial charge is 0.496 e. The quantitative estimate of drug-likeness (QED) is 0.778. The van der Waals surface area contributed by atoms with Gasteiger partial charge in [-0.05, 0) is 47.6 Å². The molecule has 1 aliphatic rings. The molecule has 0 atom stereocenters. The third-order valence-electron chi connectivity index (χ3n) is 3.79. The van der Waals surface area contributed by atoms with Crippen molar-refractivity contribution < 1.29 is 18.8 Å². The average molecular weight is 279 g/mol. The summed E-state index contributed by atoms with van der Waals surface area (Å²) in [5, 5.41) is 0.